The lowest BCUT2D eigenvalue weighted by Crippen LogP contribution is -2.29. The van der Waals surface area contributed by atoms with E-state index in [1.54, 1.807) is 23.6 Å². The van der Waals surface area contributed by atoms with Crippen molar-refractivity contribution < 1.29 is 4.79 Å². The van der Waals surface area contributed by atoms with Crippen LogP contribution in [0.3, 0.4) is 0 Å². The molecule has 0 aliphatic carbocycles. The Morgan fingerprint density at radius 1 is 1.39 bits per heavy atom. The summed E-state index contributed by atoms with van der Waals surface area (Å²) in [5, 5.41) is 6.27. The summed E-state index contributed by atoms with van der Waals surface area (Å²) in [5.41, 5.74) is 6.78. The maximum Gasteiger partial charge on any atom is 0.270 e. The van der Waals surface area contributed by atoms with Crippen LogP contribution >= 0.6 is 59.4 Å². The highest BCUT2D eigenvalue weighted by atomic mass is 35.5. The molecule has 128 valence electrons. The molecule has 1 amide bonds. The number of nitrogens with one attached hydrogen (secondary N) is 1. The molecule has 1 aromatic carbocycles. The summed E-state index contributed by atoms with van der Waals surface area (Å²) in [4.78, 5) is 16.3. The first kappa shape index (κ1) is 22.4. The van der Waals surface area contributed by atoms with Crippen molar-refractivity contribution in [2.45, 2.75) is 19.4 Å². The third kappa shape index (κ3) is 6.45. The Labute approximate surface area is 161 Å². The molecule has 2 aromatic rings. The zero-order valence-electron chi connectivity index (χ0n) is 12.2. The number of amides is 1. The van der Waals surface area contributed by atoms with Gasteiger partial charge in [0.1, 0.15) is 10.7 Å². The maximum absolute atomic E-state index is 11.9. The minimum atomic E-state index is -0.205. The fourth-order valence-electron chi connectivity index (χ4n) is 1.67. The van der Waals surface area contributed by atoms with Gasteiger partial charge in [-0.3, -0.25) is 4.79 Å². The number of hydrogen-bond donors (Lipinski definition) is 2. The number of nitrogens with zero attached hydrogens (tertiary/aromatic N) is 1. The molecule has 0 aliphatic heterocycles. The lowest BCUT2D eigenvalue weighted by atomic mass is 10.2. The van der Waals surface area contributed by atoms with Gasteiger partial charge >= 0.3 is 0 Å². The molecule has 0 saturated heterocycles. The minimum absolute atomic E-state index is 0. The van der Waals surface area contributed by atoms with Gasteiger partial charge in [0.2, 0.25) is 0 Å². The molecule has 2 rings (SSSR count). The van der Waals surface area contributed by atoms with Crippen molar-refractivity contribution >= 4 is 65.3 Å². The second-order valence-corrected chi connectivity index (χ2v) is 6.39. The molecule has 9 heteroatoms. The summed E-state index contributed by atoms with van der Waals surface area (Å²) in [5.74, 6) is -0.205. The molecule has 1 aromatic heterocycles. The second kappa shape index (κ2) is 10.3. The van der Waals surface area contributed by atoms with Crippen LogP contribution in [0.5, 0.6) is 0 Å². The first-order valence-corrected chi connectivity index (χ1v) is 8.05. The minimum Gasteiger partial charge on any atom is -0.351 e. The van der Waals surface area contributed by atoms with Crippen molar-refractivity contribution in [1.29, 1.82) is 0 Å². The van der Waals surface area contributed by atoms with E-state index in [1.165, 1.54) is 11.3 Å². The highest BCUT2D eigenvalue weighted by Gasteiger charge is 2.13. The SMILES string of the molecule is CC(N)CCNC(=O)c1csc(-c2ccc(Cl)cc2Cl)n1.Cl.Cl. The fourth-order valence-corrected chi connectivity index (χ4v) is 3.06. The number of halogens is 4. The summed E-state index contributed by atoms with van der Waals surface area (Å²) in [7, 11) is 0. The van der Waals surface area contributed by atoms with Crippen LogP contribution < -0.4 is 11.1 Å². The molecule has 0 aliphatic rings. The van der Waals surface area contributed by atoms with E-state index in [4.69, 9.17) is 28.9 Å². The number of carbonyl (C=O) groups is 1. The van der Waals surface area contributed by atoms with Crippen molar-refractivity contribution in [2.75, 3.05) is 6.54 Å². The standard InChI is InChI=1S/C14H15Cl2N3OS.2ClH/c1-8(17)4-5-18-13(20)12-7-21-14(19-12)10-3-2-9(15)6-11(10)16;;/h2-3,6-8H,4-5,17H2,1H3,(H,18,20);2*1H. The van der Waals surface area contributed by atoms with Crippen LogP contribution in [0.4, 0.5) is 0 Å². The Hall–Kier alpha value is -0.560. The highest BCUT2D eigenvalue weighted by molar-refractivity contribution is 7.13. The zero-order valence-corrected chi connectivity index (χ0v) is 16.2. The van der Waals surface area contributed by atoms with E-state index in [0.29, 0.717) is 27.3 Å². The first-order valence-electron chi connectivity index (χ1n) is 6.42. The lowest BCUT2D eigenvalue weighted by Gasteiger charge is -2.05. The molecule has 0 saturated carbocycles. The number of aromatic nitrogens is 1. The van der Waals surface area contributed by atoms with E-state index in [9.17, 15) is 4.79 Å². The molecular weight excluding hydrogens is 400 g/mol. The molecule has 0 radical (unpaired) electrons. The summed E-state index contributed by atoms with van der Waals surface area (Å²) in [6, 6.07) is 5.25. The van der Waals surface area contributed by atoms with Crippen LogP contribution in [0.25, 0.3) is 10.6 Å². The molecule has 0 bridgehead atoms. The summed E-state index contributed by atoms with van der Waals surface area (Å²) < 4.78 is 0. The Balaban J connectivity index is 0.00000242. The number of benzene rings is 1. The topological polar surface area (TPSA) is 68.0 Å². The first-order chi connectivity index (χ1) is 9.97. The number of hydrogen-bond acceptors (Lipinski definition) is 4. The van der Waals surface area contributed by atoms with E-state index >= 15 is 0 Å². The third-order valence-corrected chi connectivity index (χ3v) is 4.21. The average Bonchev–Trinajstić information content (AvgIpc) is 2.87. The molecule has 3 N–H and O–H groups in total. The van der Waals surface area contributed by atoms with Crippen molar-refractivity contribution in [1.82, 2.24) is 10.3 Å². The molecule has 0 spiro atoms. The molecule has 0 fully saturated rings. The van der Waals surface area contributed by atoms with Gasteiger partial charge in [-0.2, -0.15) is 0 Å². The van der Waals surface area contributed by atoms with Crippen molar-refractivity contribution in [2.24, 2.45) is 5.73 Å². The predicted molar refractivity (Wildman–Crippen MR) is 103 cm³/mol. The van der Waals surface area contributed by atoms with E-state index in [1.807, 2.05) is 6.92 Å². The van der Waals surface area contributed by atoms with Crippen LogP contribution in [0.15, 0.2) is 23.6 Å². The smallest absolute Gasteiger partial charge is 0.270 e. The normalized spacial score (nSPS) is 11.1. The number of carbonyl (C=O) groups excluding carboxylic acids is 1. The average molecular weight is 417 g/mol. The fraction of sp³-hybridized carbons (Fsp3) is 0.286. The van der Waals surface area contributed by atoms with Crippen molar-refractivity contribution in [3.8, 4) is 10.6 Å². The molecular formula is C14H17Cl4N3OS. The predicted octanol–water partition coefficient (Wildman–Crippen LogP) is 4.43. The number of thiazole rings is 1. The second-order valence-electron chi connectivity index (χ2n) is 4.68. The van der Waals surface area contributed by atoms with Crippen LogP contribution in [-0.2, 0) is 0 Å². The van der Waals surface area contributed by atoms with Crippen LogP contribution in [-0.4, -0.2) is 23.5 Å². The van der Waals surface area contributed by atoms with Crippen molar-refractivity contribution in [3.63, 3.8) is 0 Å². The van der Waals surface area contributed by atoms with Crippen LogP contribution in [0.1, 0.15) is 23.8 Å². The molecule has 1 atom stereocenters. The number of rotatable bonds is 5. The third-order valence-electron chi connectivity index (χ3n) is 2.78. The lowest BCUT2D eigenvalue weighted by molar-refractivity contribution is 0.0948. The van der Waals surface area contributed by atoms with Gasteiger partial charge < -0.3 is 11.1 Å². The van der Waals surface area contributed by atoms with Crippen LogP contribution in [0.2, 0.25) is 10.0 Å². The van der Waals surface area contributed by atoms with E-state index in [0.717, 1.165) is 12.0 Å². The van der Waals surface area contributed by atoms with E-state index in [2.05, 4.69) is 10.3 Å². The Morgan fingerprint density at radius 3 is 2.70 bits per heavy atom. The summed E-state index contributed by atoms with van der Waals surface area (Å²) in [6.45, 7) is 2.43. The van der Waals surface area contributed by atoms with E-state index < -0.39 is 0 Å². The number of nitrogens with two attached hydrogens (primary N) is 1. The van der Waals surface area contributed by atoms with Gasteiger partial charge in [0.15, 0.2) is 0 Å². The molecule has 23 heavy (non-hydrogen) atoms. The van der Waals surface area contributed by atoms with Gasteiger partial charge in [-0.1, -0.05) is 23.2 Å². The molecule has 1 heterocycles. The van der Waals surface area contributed by atoms with Crippen LogP contribution in [0, 0.1) is 0 Å². The Bertz CT molecular complexity index is 649. The maximum atomic E-state index is 11.9. The largest absolute Gasteiger partial charge is 0.351 e. The zero-order chi connectivity index (χ0) is 15.4. The van der Waals surface area contributed by atoms with Gasteiger partial charge in [0, 0.05) is 28.6 Å². The highest BCUT2D eigenvalue weighted by Crippen LogP contribution is 2.32. The Kier molecular flexibility index (Phi) is 10.1. The van der Waals surface area contributed by atoms with Gasteiger partial charge in [0.05, 0.1) is 5.02 Å². The van der Waals surface area contributed by atoms with Gasteiger partial charge in [-0.25, -0.2) is 4.98 Å². The van der Waals surface area contributed by atoms with Gasteiger partial charge in [0.25, 0.3) is 5.91 Å². The summed E-state index contributed by atoms with van der Waals surface area (Å²) in [6.07, 6.45) is 0.728. The Morgan fingerprint density at radius 2 is 2.09 bits per heavy atom. The molecule has 4 nitrogen and oxygen atoms in total. The monoisotopic (exact) mass is 415 g/mol. The van der Waals surface area contributed by atoms with Gasteiger partial charge in [-0.15, -0.1) is 36.2 Å². The van der Waals surface area contributed by atoms with Gasteiger partial charge in [-0.05, 0) is 31.5 Å². The molecule has 1 unspecified atom stereocenters. The van der Waals surface area contributed by atoms with E-state index in [-0.39, 0.29) is 36.8 Å². The van der Waals surface area contributed by atoms with Crippen molar-refractivity contribution in [3.05, 3.63) is 39.3 Å². The quantitative estimate of drug-likeness (QED) is 0.757. The summed E-state index contributed by atoms with van der Waals surface area (Å²) >= 11 is 13.4.